The summed E-state index contributed by atoms with van der Waals surface area (Å²) in [5, 5.41) is 20.5. The molecular formula is C18H11BrN4O2. The number of non-ortho nitro benzene ring substituents is 1. The first-order valence-electron chi connectivity index (χ1n) is 7.21. The molecule has 0 radical (unpaired) electrons. The Morgan fingerprint density at radius 2 is 1.84 bits per heavy atom. The van der Waals surface area contributed by atoms with Crippen LogP contribution >= 0.6 is 15.9 Å². The predicted octanol–water partition coefficient (Wildman–Crippen LogP) is 4.54. The van der Waals surface area contributed by atoms with Crippen molar-refractivity contribution in [2.24, 2.45) is 0 Å². The van der Waals surface area contributed by atoms with Crippen LogP contribution in [0, 0.1) is 21.4 Å². The molecule has 0 spiro atoms. The van der Waals surface area contributed by atoms with E-state index in [0.29, 0.717) is 16.8 Å². The van der Waals surface area contributed by atoms with E-state index in [2.05, 4.69) is 20.9 Å². The first kappa shape index (κ1) is 16.6. The molecule has 25 heavy (non-hydrogen) atoms. The Kier molecular flexibility index (Phi) is 4.46. The van der Waals surface area contributed by atoms with Crippen LogP contribution in [0.5, 0.6) is 0 Å². The van der Waals surface area contributed by atoms with Gasteiger partial charge in [0.25, 0.3) is 5.69 Å². The summed E-state index contributed by atoms with van der Waals surface area (Å²) < 4.78 is 0.928. The van der Waals surface area contributed by atoms with Gasteiger partial charge in [-0.15, -0.1) is 0 Å². The molecule has 0 saturated carbocycles. The summed E-state index contributed by atoms with van der Waals surface area (Å²) in [6.45, 7) is 0. The highest BCUT2D eigenvalue weighted by Gasteiger charge is 2.15. The van der Waals surface area contributed by atoms with Gasteiger partial charge in [0.05, 0.1) is 10.6 Å². The molecule has 7 heteroatoms. The van der Waals surface area contributed by atoms with Crippen molar-refractivity contribution in [1.82, 2.24) is 4.98 Å². The zero-order chi connectivity index (χ0) is 18.0. The Morgan fingerprint density at radius 1 is 1.12 bits per heavy atom. The molecule has 0 aliphatic heterocycles. The van der Waals surface area contributed by atoms with Gasteiger partial charge in [-0.2, -0.15) is 5.26 Å². The molecule has 1 aromatic heterocycles. The summed E-state index contributed by atoms with van der Waals surface area (Å²) in [6, 6.07) is 17.3. The number of hydrogen-bond donors (Lipinski definition) is 1. The van der Waals surface area contributed by atoms with E-state index in [0.717, 1.165) is 10.0 Å². The molecule has 3 rings (SSSR count). The summed E-state index contributed by atoms with van der Waals surface area (Å²) in [7, 11) is 0. The minimum absolute atomic E-state index is 0.0537. The van der Waals surface area contributed by atoms with Crippen LogP contribution < -0.4 is 5.73 Å². The zero-order valence-corrected chi connectivity index (χ0v) is 14.4. The van der Waals surface area contributed by atoms with E-state index < -0.39 is 4.92 Å². The van der Waals surface area contributed by atoms with Crippen molar-refractivity contribution in [1.29, 1.82) is 5.26 Å². The summed E-state index contributed by atoms with van der Waals surface area (Å²) in [4.78, 5) is 14.8. The van der Waals surface area contributed by atoms with E-state index >= 15 is 0 Å². The molecular weight excluding hydrogens is 384 g/mol. The highest BCUT2D eigenvalue weighted by Crippen LogP contribution is 2.33. The third-order valence-electron chi connectivity index (χ3n) is 3.67. The number of nitriles is 1. The second kappa shape index (κ2) is 6.71. The van der Waals surface area contributed by atoms with Crippen molar-refractivity contribution in [3.05, 3.63) is 74.7 Å². The third kappa shape index (κ3) is 3.34. The Morgan fingerprint density at radius 3 is 2.48 bits per heavy atom. The minimum Gasteiger partial charge on any atom is -0.383 e. The molecule has 0 atom stereocenters. The Bertz CT molecular complexity index is 1010. The number of pyridine rings is 1. The molecule has 2 aromatic carbocycles. The number of nitrogens with two attached hydrogens (primary N) is 1. The van der Waals surface area contributed by atoms with Gasteiger partial charge in [-0.25, -0.2) is 4.98 Å². The maximum absolute atomic E-state index is 11.0. The average molecular weight is 395 g/mol. The van der Waals surface area contributed by atoms with Crippen LogP contribution in [-0.4, -0.2) is 9.91 Å². The van der Waals surface area contributed by atoms with Gasteiger partial charge >= 0.3 is 0 Å². The molecule has 0 unspecified atom stereocenters. The normalized spacial score (nSPS) is 10.2. The monoisotopic (exact) mass is 394 g/mol. The smallest absolute Gasteiger partial charge is 0.270 e. The topological polar surface area (TPSA) is 106 Å². The molecule has 6 nitrogen and oxygen atoms in total. The lowest BCUT2D eigenvalue weighted by Crippen LogP contribution is -2.00. The highest BCUT2D eigenvalue weighted by molar-refractivity contribution is 9.10. The molecule has 3 aromatic rings. The fraction of sp³-hybridized carbons (Fsp3) is 0. The Hall–Kier alpha value is -3.24. The van der Waals surface area contributed by atoms with Crippen molar-refractivity contribution in [2.45, 2.75) is 0 Å². The van der Waals surface area contributed by atoms with Crippen LogP contribution in [0.1, 0.15) is 5.56 Å². The van der Waals surface area contributed by atoms with E-state index in [-0.39, 0.29) is 17.1 Å². The fourth-order valence-corrected chi connectivity index (χ4v) is 2.73. The van der Waals surface area contributed by atoms with Crippen LogP contribution in [-0.2, 0) is 0 Å². The minimum atomic E-state index is -0.476. The van der Waals surface area contributed by atoms with Crippen LogP contribution in [0.4, 0.5) is 11.5 Å². The number of aromatic nitrogens is 1. The maximum Gasteiger partial charge on any atom is 0.270 e. The lowest BCUT2D eigenvalue weighted by Gasteiger charge is -2.10. The average Bonchev–Trinajstić information content (AvgIpc) is 2.61. The summed E-state index contributed by atoms with van der Waals surface area (Å²) >= 11 is 3.38. The molecule has 0 aliphatic rings. The number of benzene rings is 2. The van der Waals surface area contributed by atoms with E-state index in [4.69, 9.17) is 5.73 Å². The van der Waals surface area contributed by atoms with Gasteiger partial charge in [0.1, 0.15) is 17.5 Å². The zero-order valence-electron chi connectivity index (χ0n) is 12.8. The number of halogens is 1. The third-order valence-corrected chi connectivity index (χ3v) is 4.20. The lowest BCUT2D eigenvalue weighted by molar-refractivity contribution is -0.384. The van der Waals surface area contributed by atoms with Gasteiger partial charge in [-0.05, 0) is 23.8 Å². The van der Waals surface area contributed by atoms with Crippen molar-refractivity contribution < 1.29 is 4.92 Å². The van der Waals surface area contributed by atoms with Crippen molar-refractivity contribution in [3.8, 4) is 28.5 Å². The first-order chi connectivity index (χ1) is 12.0. The van der Waals surface area contributed by atoms with Gasteiger partial charge in [-0.1, -0.05) is 40.2 Å². The van der Waals surface area contributed by atoms with Crippen molar-refractivity contribution >= 4 is 27.4 Å². The van der Waals surface area contributed by atoms with E-state index in [1.807, 2.05) is 30.3 Å². The van der Waals surface area contributed by atoms with Gasteiger partial charge in [0.15, 0.2) is 0 Å². The molecule has 1 heterocycles. The molecule has 0 fully saturated rings. The largest absolute Gasteiger partial charge is 0.383 e. The van der Waals surface area contributed by atoms with E-state index in [1.54, 1.807) is 18.2 Å². The Labute approximate surface area is 151 Å². The number of hydrogen-bond acceptors (Lipinski definition) is 5. The van der Waals surface area contributed by atoms with Crippen LogP contribution in [0.2, 0.25) is 0 Å². The van der Waals surface area contributed by atoms with Crippen molar-refractivity contribution in [3.63, 3.8) is 0 Å². The van der Waals surface area contributed by atoms with Gasteiger partial charge in [-0.3, -0.25) is 10.1 Å². The maximum atomic E-state index is 11.0. The van der Waals surface area contributed by atoms with Gasteiger partial charge in [0.2, 0.25) is 0 Å². The molecule has 0 bridgehead atoms. The Balaban J connectivity index is 2.21. The molecule has 0 saturated heterocycles. The summed E-state index contributed by atoms with van der Waals surface area (Å²) in [5.41, 5.74) is 8.56. The number of nitrogen functional groups attached to an aromatic ring is 1. The van der Waals surface area contributed by atoms with Crippen LogP contribution in [0.25, 0.3) is 22.4 Å². The standard InChI is InChI=1S/C18H11BrN4O2/c19-13-6-4-11(5-7-13)17-9-15(16(10-20)18(21)22-17)12-2-1-3-14(8-12)23(24)25/h1-9H,(H2,21,22). The molecule has 0 aliphatic carbocycles. The fourth-order valence-electron chi connectivity index (χ4n) is 2.47. The number of rotatable bonds is 3. The number of nitrogens with zero attached hydrogens (tertiary/aromatic N) is 3. The first-order valence-corrected chi connectivity index (χ1v) is 8.00. The van der Waals surface area contributed by atoms with Crippen LogP contribution in [0.3, 0.4) is 0 Å². The number of nitro benzene ring substituents is 1. The number of nitro groups is 1. The van der Waals surface area contributed by atoms with Gasteiger partial charge < -0.3 is 5.73 Å². The van der Waals surface area contributed by atoms with E-state index in [9.17, 15) is 15.4 Å². The van der Waals surface area contributed by atoms with E-state index in [1.165, 1.54) is 12.1 Å². The molecule has 0 amide bonds. The highest BCUT2D eigenvalue weighted by atomic mass is 79.9. The molecule has 2 N–H and O–H groups in total. The summed E-state index contributed by atoms with van der Waals surface area (Å²) in [6.07, 6.45) is 0. The second-order valence-electron chi connectivity index (χ2n) is 5.24. The SMILES string of the molecule is N#Cc1c(-c2cccc([N+](=O)[O-])c2)cc(-c2ccc(Br)cc2)nc1N. The van der Waals surface area contributed by atoms with Crippen LogP contribution in [0.15, 0.2) is 59.1 Å². The molecule has 122 valence electrons. The second-order valence-corrected chi connectivity index (χ2v) is 6.16. The quantitative estimate of drug-likeness (QED) is 0.518. The van der Waals surface area contributed by atoms with Crippen molar-refractivity contribution in [2.75, 3.05) is 5.73 Å². The summed E-state index contributed by atoms with van der Waals surface area (Å²) in [5.74, 6) is 0.0874. The lowest BCUT2D eigenvalue weighted by atomic mass is 9.98. The number of anilines is 1. The predicted molar refractivity (Wildman–Crippen MR) is 98.6 cm³/mol. The van der Waals surface area contributed by atoms with Gasteiger partial charge in [0, 0.05) is 27.7 Å².